The second-order valence-electron chi connectivity index (χ2n) is 5.17. The summed E-state index contributed by atoms with van der Waals surface area (Å²) < 4.78 is 32.6. The van der Waals surface area contributed by atoms with Gasteiger partial charge in [-0.05, 0) is 41.8 Å². The Balaban J connectivity index is 2.33. The number of methoxy groups -OCH3 is 1. The van der Waals surface area contributed by atoms with Gasteiger partial charge in [-0.25, -0.2) is 8.42 Å². The summed E-state index contributed by atoms with van der Waals surface area (Å²) in [5.41, 5.74) is 1.39. The maximum Gasteiger partial charge on any atom is 0.262 e. The average molecular weight is 340 g/mol. The van der Waals surface area contributed by atoms with E-state index in [2.05, 4.69) is 18.6 Å². The molecule has 2 aromatic carbocycles. The number of ether oxygens (including phenoxy) is 1. The van der Waals surface area contributed by atoms with Crippen molar-refractivity contribution in [3.63, 3.8) is 0 Å². The summed E-state index contributed by atoms with van der Waals surface area (Å²) in [6.45, 7) is 4.11. The fourth-order valence-corrected chi connectivity index (χ4v) is 3.23. The molecule has 0 amide bonds. The van der Waals surface area contributed by atoms with E-state index < -0.39 is 10.0 Å². The maximum absolute atomic E-state index is 12.5. The molecule has 0 aromatic heterocycles. The lowest BCUT2D eigenvalue weighted by Crippen LogP contribution is -2.13. The number of nitrogens with one attached hydrogen (secondary N) is 1. The van der Waals surface area contributed by atoms with Crippen LogP contribution in [0.1, 0.15) is 25.3 Å². The first-order valence-electron chi connectivity index (χ1n) is 6.80. The van der Waals surface area contributed by atoms with Crippen LogP contribution in [0, 0.1) is 0 Å². The van der Waals surface area contributed by atoms with E-state index in [4.69, 9.17) is 16.3 Å². The van der Waals surface area contributed by atoms with Gasteiger partial charge in [-0.15, -0.1) is 0 Å². The highest BCUT2D eigenvalue weighted by molar-refractivity contribution is 7.92. The molecule has 0 heterocycles. The van der Waals surface area contributed by atoms with Gasteiger partial charge in [-0.1, -0.05) is 37.6 Å². The van der Waals surface area contributed by atoms with E-state index in [1.807, 2.05) is 12.1 Å². The van der Waals surface area contributed by atoms with E-state index in [1.165, 1.54) is 13.2 Å². The molecule has 0 aliphatic rings. The lowest BCUT2D eigenvalue weighted by Gasteiger charge is -2.13. The highest BCUT2D eigenvalue weighted by Gasteiger charge is 2.17. The SMILES string of the molecule is COc1ccc(Cl)cc1NS(=O)(=O)c1ccc(C(C)C)cc1. The number of hydrogen-bond donors (Lipinski definition) is 1. The number of rotatable bonds is 5. The van der Waals surface area contributed by atoms with E-state index in [0.29, 0.717) is 22.4 Å². The minimum Gasteiger partial charge on any atom is -0.495 e. The molecule has 22 heavy (non-hydrogen) atoms. The molecule has 4 nitrogen and oxygen atoms in total. The predicted octanol–water partition coefficient (Wildman–Crippen LogP) is 4.27. The van der Waals surface area contributed by atoms with Gasteiger partial charge in [0.15, 0.2) is 0 Å². The van der Waals surface area contributed by atoms with E-state index in [-0.39, 0.29) is 4.90 Å². The molecule has 1 N–H and O–H groups in total. The number of hydrogen-bond acceptors (Lipinski definition) is 3. The van der Waals surface area contributed by atoms with Crippen molar-refractivity contribution in [2.24, 2.45) is 0 Å². The molecule has 118 valence electrons. The zero-order chi connectivity index (χ0) is 16.3. The van der Waals surface area contributed by atoms with E-state index in [0.717, 1.165) is 5.56 Å². The third kappa shape index (κ3) is 3.72. The van der Waals surface area contributed by atoms with Crippen LogP contribution >= 0.6 is 11.6 Å². The van der Waals surface area contributed by atoms with E-state index >= 15 is 0 Å². The average Bonchev–Trinajstić information content (AvgIpc) is 2.47. The molecule has 6 heteroatoms. The molecule has 0 saturated heterocycles. The second-order valence-corrected chi connectivity index (χ2v) is 7.29. The molecule has 0 atom stereocenters. The predicted molar refractivity (Wildman–Crippen MR) is 89.3 cm³/mol. The molecule has 0 saturated carbocycles. The van der Waals surface area contributed by atoms with Crippen LogP contribution in [0.5, 0.6) is 5.75 Å². The van der Waals surface area contributed by atoms with Crippen LogP contribution in [0.15, 0.2) is 47.4 Å². The number of anilines is 1. The molecule has 0 aliphatic carbocycles. The summed E-state index contributed by atoms with van der Waals surface area (Å²) in [7, 11) is -2.22. The van der Waals surface area contributed by atoms with Crippen molar-refractivity contribution in [2.75, 3.05) is 11.8 Å². The topological polar surface area (TPSA) is 55.4 Å². The van der Waals surface area contributed by atoms with Crippen LogP contribution in [0.3, 0.4) is 0 Å². The standard InChI is InChI=1S/C16H18ClNO3S/c1-11(2)12-4-7-14(8-5-12)22(19,20)18-15-10-13(17)6-9-16(15)21-3/h4-11,18H,1-3H3. The number of sulfonamides is 1. The molecule has 0 bridgehead atoms. The zero-order valence-corrected chi connectivity index (χ0v) is 14.2. The van der Waals surface area contributed by atoms with Crippen molar-refractivity contribution in [1.82, 2.24) is 0 Å². The van der Waals surface area contributed by atoms with Crippen LogP contribution < -0.4 is 9.46 Å². The number of benzene rings is 2. The quantitative estimate of drug-likeness (QED) is 0.884. The van der Waals surface area contributed by atoms with Crippen molar-refractivity contribution in [3.8, 4) is 5.75 Å². The van der Waals surface area contributed by atoms with Gasteiger partial charge in [-0.3, -0.25) is 4.72 Å². The first-order chi connectivity index (χ1) is 10.3. The van der Waals surface area contributed by atoms with Crippen molar-refractivity contribution >= 4 is 27.3 Å². The Morgan fingerprint density at radius 1 is 1.09 bits per heavy atom. The maximum atomic E-state index is 12.5. The summed E-state index contributed by atoms with van der Waals surface area (Å²) in [6, 6.07) is 11.6. The minimum atomic E-state index is -3.69. The largest absolute Gasteiger partial charge is 0.495 e. The zero-order valence-electron chi connectivity index (χ0n) is 12.6. The lowest BCUT2D eigenvalue weighted by molar-refractivity contribution is 0.417. The lowest BCUT2D eigenvalue weighted by atomic mass is 10.0. The smallest absolute Gasteiger partial charge is 0.262 e. The molecular formula is C16H18ClNO3S. The van der Waals surface area contributed by atoms with Gasteiger partial charge in [0.1, 0.15) is 5.75 Å². The molecular weight excluding hydrogens is 322 g/mol. The molecule has 0 aliphatic heterocycles. The van der Waals surface area contributed by atoms with E-state index in [1.54, 1.807) is 24.3 Å². The Hall–Kier alpha value is -1.72. The molecule has 0 spiro atoms. The Bertz CT molecular complexity index is 755. The molecule has 0 fully saturated rings. The summed E-state index contributed by atoms with van der Waals surface area (Å²) in [5.74, 6) is 0.754. The van der Waals surface area contributed by atoms with Crippen molar-refractivity contribution in [3.05, 3.63) is 53.1 Å². The van der Waals surface area contributed by atoms with E-state index in [9.17, 15) is 8.42 Å². The fraction of sp³-hybridized carbons (Fsp3) is 0.250. The fourth-order valence-electron chi connectivity index (χ4n) is 2.00. The minimum absolute atomic E-state index is 0.193. The molecule has 2 aromatic rings. The monoisotopic (exact) mass is 339 g/mol. The van der Waals surface area contributed by atoms with Gasteiger partial charge >= 0.3 is 0 Å². The Labute approximate surface area is 136 Å². The summed E-state index contributed by atoms with van der Waals surface area (Å²) in [4.78, 5) is 0.193. The normalized spacial score (nSPS) is 11.5. The first-order valence-corrected chi connectivity index (χ1v) is 8.66. The van der Waals surface area contributed by atoms with Crippen LogP contribution in [-0.4, -0.2) is 15.5 Å². The van der Waals surface area contributed by atoms with Crippen LogP contribution in [0.25, 0.3) is 0 Å². The van der Waals surface area contributed by atoms with Crippen LogP contribution in [0.2, 0.25) is 5.02 Å². The van der Waals surface area contributed by atoms with Crippen LogP contribution in [-0.2, 0) is 10.0 Å². The molecule has 2 rings (SSSR count). The second kappa shape index (κ2) is 6.58. The summed E-state index contributed by atoms with van der Waals surface area (Å²) in [5, 5.41) is 0.425. The summed E-state index contributed by atoms with van der Waals surface area (Å²) >= 11 is 5.91. The van der Waals surface area contributed by atoms with Gasteiger partial charge in [-0.2, -0.15) is 0 Å². The van der Waals surface area contributed by atoms with Crippen molar-refractivity contribution in [1.29, 1.82) is 0 Å². The van der Waals surface area contributed by atoms with Gasteiger partial charge in [0.25, 0.3) is 10.0 Å². The number of halogens is 1. The third-order valence-corrected chi connectivity index (χ3v) is 4.88. The first kappa shape index (κ1) is 16.6. The van der Waals surface area contributed by atoms with Crippen molar-refractivity contribution in [2.45, 2.75) is 24.7 Å². The van der Waals surface area contributed by atoms with Gasteiger partial charge in [0.2, 0.25) is 0 Å². The molecule has 0 radical (unpaired) electrons. The molecule has 0 unspecified atom stereocenters. The van der Waals surface area contributed by atoms with Gasteiger partial charge in [0.05, 0.1) is 17.7 Å². The highest BCUT2D eigenvalue weighted by atomic mass is 35.5. The highest BCUT2D eigenvalue weighted by Crippen LogP contribution is 2.30. The van der Waals surface area contributed by atoms with Crippen molar-refractivity contribution < 1.29 is 13.2 Å². The van der Waals surface area contributed by atoms with Crippen LogP contribution in [0.4, 0.5) is 5.69 Å². The Morgan fingerprint density at radius 3 is 2.27 bits per heavy atom. The Kier molecular flexibility index (Phi) is 4.98. The van der Waals surface area contributed by atoms with Gasteiger partial charge in [0, 0.05) is 5.02 Å². The summed E-state index contributed by atoms with van der Waals surface area (Å²) in [6.07, 6.45) is 0. The third-order valence-electron chi connectivity index (χ3n) is 3.26. The van der Waals surface area contributed by atoms with Gasteiger partial charge < -0.3 is 4.74 Å². The Morgan fingerprint density at radius 2 is 1.73 bits per heavy atom.